The van der Waals surface area contributed by atoms with Gasteiger partial charge >= 0.3 is 0 Å². The van der Waals surface area contributed by atoms with Crippen molar-refractivity contribution >= 4 is 0 Å². The maximum atomic E-state index is 6.07. The van der Waals surface area contributed by atoms with Crippen molar-refractivity contribution in [3.8, 4) is 0 Å². The van der Waals surface area contributed by atoms with E-state index in [2.05, 4.69) is 18.7 Å². The summed E-state index contributed by atoms with van der Waals surface area (Å²) in [4.78, 5) is 2.76. The lowest BCUT2D eigenvalue weighted by Crippen LogP contribution is -2.47. The highest BCUT2D eigenvalue weighted by Crippen LogP contribution is 2.35. The van der Waals surface area contributed by atoms with Crippen LogP contribution in [0.15, 0.2) is 0 Å². The average Bonchev–Trinajstić information content (AvgIpc) is 2.42. The third-order valence-corrected chi connectivity index (χ3v) is 4.12. The van der Waals surface area contributed by atoms with Crippen LogP contribution in [0.1, 0.15) is 52.4 Å². The molecule has 0 spiro atoms. The number of piperidine rings is 1. The molecule has 2 aliphatic rings. The molecule has 0 aromatic rings. The third-order valence-electron chi connectivity index (χ3n) is 4.12. The molecule has 0 aliphatic carbocycles. The first-order valence-electron chi connectivity index (χ1n) is 6.68. The van der Waals surface area contributed by atoms with Crippen LogP contribution < -0.4 is 5.73 Å². The number of hydrogen-bond acceptors (Lipinski definition) is 2. The van der Waals surface area contributed by atoms with E-state index in [1.54, 1.807) is 0 Å². The Balaban J connectivity index is 1.78. The van der Waals surface area contributed by atoms with Crippen molar-refractivity contribution in [1.29, 1.82) is 0 Å². The molecule has 2 rings (SSSR count). The van der Waals surface area contributed by atoms with Gasteiger partial charge in [0, 0.05) is 18.1 Å². The minimum absolute atomic E-state index is 0.490. The molecule has 2 heteroatoms. The molecule has 2 nitrogen and oxygen atoms in total. The molecule has 0 aromatic carbocycles. The van der Waals surface area contributed by atoms with Crippen molar-refractivity contribution in [2.24, 2.45) is 11.7 Å². The van der Waals surface area contributed by atoms with E-state index in [-0.39, 0.29) is 0 Å². The Kier molecular flexibility index (Phi) is 3.68. The van der Waals surface area contributed by atoms with Gasteiger partial charge in [-0.2, -0.15) is 0 Å². The largest absolute Gasteiger partial charge is 0.328 e. The molecule has 2 N–H and O–H groups in total. The van der Waals surface area contributed by atoms with E-state index in [1.807, 2.05) is 0 Å². The molecular weight excluding hydrogens is 184 g/mol. The monoisotopic (exact) mass is 210 g/mol. The summed E-state index contributed by atoms with van der Waals surface area (Å²) in [6.45, 7) is 5.96. The minimum Gasteiger partial charge on any atom is -0.328 e. The molecule has 0 amide bonds. The van der Waals surface area contributed by atoms with Gasteiger partial charge in [0.25, 0.3) is 0 Å². The standard InChI is InChI=1S/C13H26N2/c1-10(2)4-3-7-15-12-5-6-13(15)9-11(14)8-12/h10-13H,3-9,14H2,1-2H3. The highest BCUT2D eigenvalue weighted by Gasteiger charge is 2.38. The number of fused-ring (bicyclic) bond motifs is 2. The minimum atomic E-state index is 0.490. The molecule has 2 unspecified atom stereocenters. The first-order chi connectivity index (χ1) is 7.16. The maximum absolute atomic E-state index is 6.07. The van der Waals surface area contributed by atoms with Crippen molar-refractivity contribution in [1.82, 2.24) is 4.90 Å². The Morgan fingerprint density at radius 3 is 2.33 bits per heavy atom. The van der Waals surface area contributed by atoms with Gasteiger partial charge in [-0.15, -0.1) is 0 Å². The summed E-state index contributed by atoms with van der Waals surface area (Å²) in [5.41, 5.74) is 6.07. The SMILES string of the molecule is CC(C)CCCN1C2CCC1CC(N)C2. The molecule has 0 radical (unpaired) electrons. The summed E-state index contributed by atoms with van der Waals surface area (Å²) in [7, 11) is 0. The summed E-state index contributed by atoms with van der Waals surface area (Å²) < 4.78 is 0. The van der Waals surface area contributed by atoms with E-state index in [0.29, 0.717) is 6.04 Å². The van der Waals surface area contributed by atoms with E-state index in [4.69, 9.17) is 5.73 Å². The Bertz CT molecular complexity index is 189. The highest BCUT2D eigenvalue weighted by atomic mass is 15.2. The second-order valence-corrected chi connectivity index (χ2v) is 5.89. The molecule has 2 fully saturated rings. The Labute approximate surface area is 94.2 Å². The van der Waals surface area contributed by atoms with Crippen molar-refractivity contribution in [3.05, 3.63) is 0 Å². The van der Waals surface area contributed by atoms with Crippen LogP contribution in [0, 0.1) is 5.92 Å². The van der Waals surface area contributed by atoms with E-state index in [0.717, 1.165) is 18.0 Å². The van der Waals surface area contributed by atoms with Gasteiger partial charge in [-0.3, -0.25) is 4.90 Å². The fourth-order valence-electron chi connectivity index (χ4n) is 3.36. The van der Waals surface area contributed by atoms with Crippen LogP contribution >= 0.6 is 0 Å². The van der Waals surface area contributed by atoms with Gasteiger partial charge in [0.15, 0.2) is 0 Å². The first-order valence-corrected chi connectivity index (χ1v) is 6.68. The zero-order chi connectivity index (χ0) is 10.8. The zero-order valence-electron chi connectivity index (χ0n) is 10.3. The molecule has 2 aliphatic heterocycles. The van der Waals surface area contributed by atoms with Crippen molar-refractivity contribution in [2.45, 2.75) is 70.5 Å². The van der Waals surface area contributed by atoms with Gasteiger partial charge < -0.3 is 5.73 Å². The summed E-state index contributed by atoms with van der Waals surface area (Å²) >= 11 is 0. The fraction of sp³-hybridized carbons (Fsp3) is 1.00. The van der Waals surface area contributed by atoms with Crippen LogP contribution in [0.5, 0.6) is 0 Å². The number of rotatable bonds is 4. The van der Waals surface area contributed by atoms with Crippen LogP contribution in [-0.2, 0) is 0 Å². The number of hydrogen-bond donors (Lipinski definition) is 1. The van der Waals surface area contributed by atoms with Gasteiger partial charge in [-0.25, -0.2) is 0 Å². The molecule has 2 heterocycles. The van der Waals surface area contributed by atoms with Crippen LogP contribution in [0.4, 0.5) is 0 Å². The lowest BCUT2D eigenvalue weighted by Gasteiger charge is -2.37. The topological polar surface area (TPSA) is 29.3 Å². The van der Waals surface area contributed by atoms with Crippen LogP contribution in [0.25, 0.3) is 0 Å². The number of nitrogens with zero attached hydrogens (tertiary/aromatic N) is 1. The fourth-order valence-corrected chi connectivity index (χ4v) is 3.36. The van der Waals surface area contributed by atoms with Gasteiger partial charge in [0.2, 0.25) is 0 Å². The van der Waals surface area contributed by atoms with E-state index < -0.39 is 0 Å². The first kappa shape index (κ1) is 11.4. The van der Waals surface area contributed by atoms with Crippen LogP contribution in [0.2, 0.25) is 0 Å². The third kappa shape index (κ3) is 2.73. The summed E-state index contributed by atoms with van der Waals surface area (Å²) in [5, 5.41) is 0. The van der Waals surface area contributed by atoms with E-state index in [9.17, 15) is 0 Å². The quantitative estimate of drug-likeness (QED) is 0.772. The Hall–Kier alpha value is -0.0800. The highest BCUT2D eigenvalue weighted by molar-refractivity contribution is 4.96. The van der Waals surface area contributed by atoms with Gasteiger partial charge in [0.1, 0.15) is 0 Å². The maximum Gasteiger partial charge on any atom is 0.0113 e. The predicted octanol–water partition coefficient (Wildman–Crippen LogP) is 2.38. The van der Waals surface area contributed by atoms with E-state index >= 15 is 0 Å². The second-order valence-electron chi connectivity index (χ2n) is 5.89. The lowest BCUT2D eigenvalue weighted by molar-refractivity contribution is 0.124. The lowest BCUT2D eigenvalue weighted by atomic mass is 9.97. The summed E-state index contributed by atoms with van der Waals surface area (Å²) in [6.07, 6.45) is 8.05. The van der Waals surface area contributed by atoms with Gasteiger partial charge in [0.05, 0.1) is 0 Å². The molecule has 0 aromatic heterocycles. The van der Waals surface area contributed by atoms with Gasteiger partial charge in [-0.1, -0.05) is 13.8 Å². The normalized spacial score (nSPS) is 36.4. The zero-order valence-corrected chi connectivity index (χ0v) is 10.3. The number of nitrogens with two attached hydrogens (primary N) is 1. The van der Waals surface area contributed by atoms with Crippen molar-refractivity contribution in [3.63, 3.8) is 0 Å². The van der Waals surface area contributed by atoms with E-state index in [1.165, 1.54) is 45.1 Å². The van der Waals surface area contributed by atoms with Crippen molar-refractivity contribution < 1.29 is 0 Å². The van der Waals surface area contributed by atoms with Crippen LogP contribution in [0.3, 0.4) is 0 Å². The molecule has 2 atom stereocenters. The predicted molar refractivity (Wildman–Crippen MR) is 64.8 cm³/mol. The van der Waals surface area contributed by atoms with Gasteiger partial charge in [-0.05, 0) is 51.0 Å². The summed E-state index contributed by atoms with van der Waals surface area (Å²) in [6, 6.07) is 2.14. The Morgan fingerprint density at radius 1 is 1.20 bits per heavy atom. The molecular formula is C13H26N2. The van der Waals surface area contributed by atoms with Crippen LogP contribution in [-0.4, -0.2) is 29.6 Å². The summed E-state index contributed by atoms with van der Waals surface area (Å²) in [5.74, 6) is 0.856. The molecule has 2 bridgehead atoms. The second kappa shape index (κ2) is 4.84. The Morgan fingerprint density at radius 2 is 1.80 bits per heavy atom. The molecule has 2 saturated heterocycles. The average molecular weight is 210 g/mol. The molecule has 15 heavy (non-hydrogen) atoms. The smallest absolute Gasteiger partial charge is 0.0113 e. The molecule has 88 valence electrons. The molecule has 0 saturated carbocycles. The van der Waals surface area contributed by atoms with Crippen molar-refractivity contribution in [2.75, 3.05) is 6.54 Å².